The quantitative estimate of drug-likeness (QED) is 0.553. The van der Waals surface area contributed by atoms with Crippen LogP contribution < -0.4 is 5.32 Å². The Labute approximate surface area is 86.0 Å². The van der Waals surface area contributed by atoms with Crippen molar-refractivity contribution in [3.8, 4) is 0 Å². The normalized spacial score (nSPS) is 10.1. The number of benzene rings is 1. The van der Waals surface area contributed by atoms with Crippen LogP contribution in [0.2, 0.25) is 0 Å². The van der Waals surface area contributed by atoms with Gasteiger partial charge in [0, 0.05) is 17.1 Å². The molecule has 0 atom stereocenters. The van der Waals surface area contributed by atoms with Gasteiger partial charge in [0.15, 0.2) is 0 Å². The molecule has 0 aromatic heterocycles. The van der Waals surface area contributed by atoms with Crippen LogP contribution in [0.25, 0.3) is 0 Å². The van der Waals surface area contributed by atoms with E-state index in [4.69, 9.17) is 0 Å². The molecule has 1 rings (SSSR count). The first-order valence-electron chi connectivity index (χ1n) is 4.77. The highest BCUT2D eigenvalue weighted by Crippen LogP contribution is 2.20. The predicted molar refractivity (Wildman–Crippen MR) is 61.8 cm³/mol. The van der Waals surface area contributed by atoms with Gasteiger partial charge in [-0.3, -0.25) is 0 Å². The molecule has 0 aliphatic heterocycles. The van der Waals surface area contributed by atoms with Gasteiger partial charge in [-0.05, 0) is 31.0 Å². The fourth-order valence-electron chi connectivity index (χ4n) is 1.19. The maximum absolute atomic E-state index is 4.41. The van der Waals surface area contributed by atoms with Gasteiger partial charge in [0.1, 0.15) is 0 Å². The molecular weight excluding hydrogens is 178 g/mol. The van der Waals surface area contributed by atoms with Crippen LogP contribution in [0.3, 0.4) is 0 Å². The lowest BCUT2D eigenvalue weighted by Gasteiger charge is -2.08. The van der Waals surface area contributed by atoms with Crippen LogP contribution in [0.15, 0.2) is 23.1 Å². The topological polar surface area (TPSA) is 12.0 Å². The smallest absolute Gasteiger partial charge is 0.0475 e. The lowest BCUT2D eigenvalue weighted by atomic mass is 10.2. The van der Waals surface area contributed by atoms with Crippen molar-refractivity contribution in [1.82, 2.24) is 0 Å². The Morgan fingerprint density at radius 1 is 1.38 bits per heavy atom. The van der Waals surface area contributed by atoms with Gasteiger partial charge >= 0.3 is 0 Å². The van der Waals surface area contributed by atoms with Crippen molar-refractivity contribution in [2.45, 2.75) is 31.6 Å². The van der Waals surface area contributed by atoms with E-state index in [-0.39, 0.29) is 0 Å². The number of anilines is 1. The van der Waals surface area contributed by atoms with Crippen molar-refractivity contribution in [2.75, 3.05) is 11.9 Å². The second-order valence-corrected chi connectivity index (χ2v) is 3.78. The minimum atomic E-state index is 1.03. The number of nitrogens with one attached hydrogen (secondary N) is 1. The summed E-state index contributed by atoms with van der Waals surface area (Å²) in [5.74, 6) is 0. The summed E-state index contributed by atoms with van der Waals surface area (Å²) in [5.41, 5.74) is 2.40. The summed E-state index contributed by atoms with van der Waals surface area (Å²) in [7, 11) is 0. The first-order chi connectivity index (χ1) is 6.24. The van der Waals surface area contributed by atoms with Gasteiger partial charge in [-0.2, -0.15) is 0 Å². The molecule has 0 unspecified atom stereocenters. The first kappa shape index (κ1) is 10.5. The summed E-state index contributed by atoms with van der Waals surface area (Å²) < 4.78 is 0. The van der Waals surface area contributed by atoms with Crippen LogP contribution in [0.1, 0.15) is 25.3 Å². The Morgan fingerprint density at radius 3 is 2.77 bits per heavy atom. The van der Waals surface area contributed by atoms with Crippen molar-refractivity contribution in [3.63, 3.8) is 0 Å². The van der Waals surface area contributed by atoms with E-state index in [1.807, 2.05) is 0 Å². The molecule has 0 aliphatic rings. The summed E-state index contributed by atoms with van der Waals surface area (Å²) in [6.45, 7) is 5.31. The second kappa shape index (κ2) is 5.18. The number of hydrogen-bond acceptors (Lipinski definition) is 2. The van der Waals surface area contributed by atoms with Crippen LogP contribution >= 0.6 is 12.6 Å². The van der Waals surface area contributed by atoms with Gasteiger partial charge < -0.3 is 5.32 Å². The monoisotopic (exact) mass is 195 g/mol. The summed E-state index contributed by atoms with van der Waals surface area (Å²) in [4.78, 5) is 1.04. The van der Waals surface area contributed by atoms with Crippen molar-refractivity contribution in [3.05, 3.63) is 23.8 Å². The van der Waals surface area contributed by atoms with E-state index >= 15 is 0 Å². The van der Waals surface area contributed by atoms with Crippen LogP contribution in [-0.2, 0) is 0 Å². The molecule has 0 fully saturated rings. The molecule has 1 aromatic rings. The molecule has 0 aliphatic carbocycles. The predicted octanol–water partition coefficient (Wildman–Crippen LogP) is 3.50. The van der Waals surface area contributed by atoms with Crippen molar-refractivity contribution < 1.29 is 0 Å². The van der Waals surface area contributed by atoms with Crippen LogP contribution in [-0.4, -0.2) is 6.54 Å². The molecule has 0 bridgehead atoms. The fourth-order valence-corrected chi connectivity index (χ4v) is 1.55. The largest absolute Gasteiger partial charge is 0.384 e. The highest BCUT2D eigenvalue weighted by Gasteiger charge is 1.96. The third kappa shape index (κ3) is 3.31. The van der Waals surface area contributed by atoms with Crippen molar-refractivity contribution in [2.24, 2.45) is 0 Å². The highest BCUT2D eigenvalue weighted by molar-refractivity contribution is 7.80. The molecule has 0 spiro atoms. The number of hydrogen-bond donors (Lipinski definition) is 2. The number of unbranched alkanes of at least 4 members (excludes halogenated alkanes) is 1. The fraction of sp³-hybridized carbons (Fsp3) is 0.455. The average molecular weight is 195 g/mol. The van der Waals surface area contributed by atoms with E-state index in [2.05, 4.69) is 50.0 Å². The molecule has 0 amide bonds. The summed E-state index contributed by atoms with van der Waals surface area (Å²) in [6, 6.07) is 6.28. The van der Waals surface area contributed by atoms with E-state index in [0.717, 1.165) is 17.1 Å². The Hall–Kier alpha value is -0.630. The zero-order valence-corrected chi connectivity index (χ0v) is 9.20. The van der Waals surface area contributed by atoms with E-state index in [1.165, 1.54) is 18.4 Å². The van der Waals surface area contributed by atoms with Gasteiger partial charge in [-0.25, -0.2) is 0 Å². The minimum absolute atomic E-state index is 1.03. The van der Waals surface area contributed by atoms with Gasteiger partial charge in [0.05, 0.1) is 0 Å². The first-order valence-corrected chi connectivity index (χ1v) is 5.22. The lowest BCUT2D eigenvalue weighted by Crippen LogP contribution is -2.01. The Morgan fingerprint density at radius 2 is 2.15 bits per heavy atom. The zero-order chi connectivity index (χ0) is 9.68. The third-order valence-corrected chi connectivity index (χ3v) is 2.37. The molecule has 13 heavy (non-hydrogen) atoms. The number of rotatable bonds is 4. The summed E-state index contributed by atoms with van der Waals surface area (Å²) in [6.07, 6.45) is 2.43. The Bertz CT molecular complexity index is 271. The lowest BCUT2D eigenvalue weighted by molar-refractivity contribution is 0.832. The maximum atomic E-state index is 4.41. The number of thiol groups is 1. The van der Waals surface area contributed by atoms with Gasteiger partial charge in [-0.15, -0.1) is 12.6 Å². The van der Waals surface area contributed by atoms with Crippen LogP contribution in [0.4, 0.5) is 5.69 Å². The molecule has 0 heterocycles. The van der Waals surface area contributed by atoms with E-state index < -0.39 is 0 Å². The second-order valence-electron chi connectivity index (χ2n) is 3.30. The van der Waals surface area contributed by atoms with Crippen LogP contribution in [0.5, 0.6) is 0 Å². The summed E-state index contributed by atoms with van der Waals surface area (Å²) in [5, 5.41) is 3.36. The van der Waals surface area contributed by atoms with E-state index in [1.54, 1.807) is 0 Å². The van der Waals surface area contributed by atoms with Gasteiger partial charge in [0.25, 0.3) is 0 Å². The molecule has 2 heteroatoms. The number of aryl methyl sites for hydroxylation is 1. The highest BCUT2D eigenvalue weighted by atomic mass is 32.1. The van der Waals surface area contributed by atoms with Crippen molar-refractivity contribution in [1.29, 1.82) is 0 Å². The molecule has 1 N–H and O–H groups in total. The molecule has 1 nitrogen and oxygen atoms in total. The van der Waals surface area contributed by atoms with E-state index in [9.17, 15) is 0 Å². The molecule has 0 saturated heterocycles. The van der Waals surface area contributed by atoms with E-state index in [0.29, 0.717) is 0 Å². The van der Waals surface area contributed by atoms with Gasteiger partial charge in [0.2, 0.25) is 0 Å². The SMILES string of the molecule is CCCCNc1ccc(C)cc1S. The standard InChI is InChI=1S/C11H17NS/c1-3-4-7-12-10-6-5-9(2)8-11(10)13/h5-6,8,12-13H,3-4,7H2,1-2H3. The third-order valence-electron chi connectivity index (χ3n) is 2.00. The zero-order valence-electron chi connectivity index (χ0n) is 8.30. The molecule has 72 valence electrons. The van der Waals surface area contributed by atoms with Gasteiger partial charge in [-0.1, -0.05) is 19.4 Å². The Kier molecular flexibility index (Phi) is 4.16. The molecule has 0 radical (unpaired) electrons. The Balaban J connectivity index is 2.56. The van der Waals surface area contributed by atoms with Crippen LogP contribution in [0, 0.1) is 6.92 Å². The molecular formula is C11H17NS. The summed E-state index contributed by atoms with van der Waals surface area (Å²) >= 11 is 4.41. The molecule has 1 aromatic carbocycles. The maximum Gasteiger partial charge on any atom is 0.0475 e. The minimum Gasteiger partial charge on any atom is -0.384 e. The van der Waals surface area contributed by atoms with Crippen molar-refractivity contribution >= 4 is 18.3 Å². The molecule has 0 saturated carbocycles. The average Bonchev–Trinajstić information content (AvgIpc) is 2.09.